The number of aromatic nitrogens is 1. The number of nitrogens with zero attached hydrogens (tertiary/aromatic N) is 1. The Morgan fingerprint density at radius 3 is 2.86 bits per heavy atom. The quantitative estimate of drug-likeness (QED) is 0.845. The molecule has 1 aromatic heterocycles. The van der Waals surface area contributed by atoms with Crippen molar-refractivity contribution in [2.24, 2.45) is 5.73 Å². The van der Waals surface area contributed by atoms with Crippen molar-refractivity contribution in [1.29, 1.82) is 0 Å². The molecule has 0 unspecified atom stereocenters. The summed E-state index contributed by atoms with van der Waals surface area (Å²) in [5.74, 6) is 0.705. The Morgan fingerprint density at radius 2 is 2.23 bits per heavy atom. The van der Waals surface area contributed by atoms with Crippen molar-refractivity contribution in [2.75, 3.05) is 13.7 Å². The van der Waals surface area contributed by atoms with E-state index in [1.807, 2.05) is 25.1 Å². The first-order valence-corrected chi connectivity index (χ1v) is 7.58. The molecule has 3 N–H and O–H groups in total. The van der Waals surface area contributed by atoms with Crippen molar-refractivity contribution in [1.82, 2.24) is 10.3 Å². The average molecular weight is 342 g/mol. The van der Waals surface area contributed by atoms with Crippen LogP contribution in [-0.4, -0.2) is 24.5 Å². The highest BCUT2D eigenvalue weighted by atomic mass is 35.5. The van der Waals surface area contributed by atoms with Gasteiger partial charge in [0.2, 0.25) is 0 Å². The number of ether oxygens (including phenoxy) is 1. The van der Waals surface area contributed by atoms with Gasteiger partial charge in [0, 0.05) is 18.5 Å². The predicted octanol–water partition coefficient (Wildman–Crippen LogP) is 2.31. The predicted molar refractivity (Wildman–Crippen MR) is 91.0 cm³/mol. The summed E-state index contributed by atoms with van der Waals surface area (Å²) >= 11 is 1.40. The monoisotopic (exact) mass is 341 g/mol. The maximum Gasteiger partial charge on any atom is 0.270 e. The highest BCUT2D eigenvalue weighted by Crippen LogP contribution is 2.19. The number of carbonyl (C=O) groups is 1. The number of nitrogens with two attached hydrogens (primary N) is 1. The number of rotatable bonds is 6. The van der Waals surface area contributed by atoms with E-state index in [-0.39, 0.29) is 18.3 Å². The summed E-state index contributed by atoms with van der Waals surface area (Å²) in [5, 5.41) is 5.36. The molecule has 0 saturated carbocycles. The molecule has 0 aliphatic rings. The Hall–Kier alpha value is -1.63. The molecular formula is C15H20ClN3O2S. The summed E-state index contributed by atoms with van der Waals surface area (Å²) in [6.07, 6.45) is 0.746. The number of hydrogen-bond acceptors (Lipinski definition) is 5. The minimum atomic E-state index is -0.162. The topological polar surface area (TPSA) is 77.2 Å². The molecule has 22 heavy (non-hydrogen) atoms. The van der Waals surface area contributed by atoms with Crippen molar-refractivity contribution in [3.8, 4) is 5.75 Å². The first-order chi connectivity index (χ1) is 10.1. The van der Waals surface area contributed by atoms with Gasteiger partial charge in [0.25, 0.3) is 5.91 Å². The molecule has 120 valence electrons. The van der Waals surface area contributed by atoms with Crippen LogP contribution < -0.4 is 15.8 Å². The van der Waals surface area contributed by atoms with Gasteiger partial charge in [0.05, 0.1) is 7.11 Å². The van der Waals surface area contributed by atoms with Gasteiger partial charge >= 0.3 is 0 Å². The first-order valence-electron chi connectivity index (χ1n) is 6.70. The second-order valence-corrected chi connectivity index (χ2v) is 5.58. The molecule has 1 heterocycles. The van der Waals surface area contributed by atoms with Crippen molar-refractivity contribution < 1.29 is 9.53 Å². The maximum atomic E-state index is 11.9. The summed E-state index contributed by atoms with van der Waals surface area (Å²) in [6.45, 7) is 2.92. The number of hydrogen-bond donors (Lipinski definition) is 2. The highest BCUT2D eigenvalue weighted by Gasteiger charge is 2.09. The molecule has 7 heteroatoms. The maximum absolute atomic E-state index is 11.9. The minimum Gasteiger partial charge on any atom is -0.496 e. The summed E-state index contributed by atoms with van der Waals surface area (Å²) in [4.78, 5) is 16.1. The fourth-order valence-electron chi connectivity index (χ4n) is 1.94. The van der Waals surface area contributed by atoms with E-state index in [2.05, 4.69) is 10.3 Å². The first kappa shape index (κ1) is 18.4. The van der Waals surface area contributed by atoms with Crippen molar-refractivity contribution in [3.05, 3.63) is 45.4 Å². The summed E-state index contributed by atoms with van der Waals surface area (Å²) < 4.78 is 5.29. The number of amides is 1. The zero-order valence-corrected chi connectivity index (χ0v) is 14.2. The highest BCUT2D eigenvalue weighted by molar-refractivity contribution is 7.09. The molecular weight excluding hydrogens is 322 g/mol. The third-order valence-electron chi connectivity index (χ3n) is 3.13. The molecule has 0 fully saturated rings. The van der Waals surface area contributed by atoms with Crippen LogP contribution in [0, 0.1) is 6.92 Å². The summed E-state index contributed by atoms with van der Waals surface area (Å²) in [6, 6.07) is 6.06. The Kier molecular flexibility index (Phi) is 7.31. The van der Waals surface area contributed by atoms with Gasteiger partial charge in [-0.2, -0.15) is 0 Å². The van der Waals surface area contributed by atoms with E-state index in [0.717, 1.165) is 28.3 Å². The zero-order chi connectivity index (χ0) is 15.2. The number of carbonyl (C=O) groups excluding carboxylic acids is 1. The molecule has 2 aromatic rings. The number of nitrogens with one attached hydrogen (secondary N) is 1. The van der Waals surface area contributed by atoms with Crippen LogP contribution in [0.25, 0.3) is 0 Å². The smallest absolute Gasteiger partial charge is 0.270 e. The lowest BCUT2D eigenvalue weighted by molar-refractivity contribution is 0.0949. The van der Waals surface area contributed by atoms with Crippen molar-refractivity contribution in [2.45, 2.75) is 19.9 Å². The molecule has 0 atom stereocenters. The van der Waals surface area contributed by atoms with Crippen LogP contribution in [0.4, 0.5) is 0 Å². The van der Waals surface area contributed by atoms with Crippen LogP contribution in [0.3, 0.4) is 0 Å². The third kappa shape index (κ3) is 4.69. The van der Waals surface area contributed by atoms with Crippen LogP contribution in [0.1, 0.15) is 26.6 Å². The van der Waals surface area contributed by atoms with Gasteiger partial charge in [-0.15, -0.1) is 23.7 Å². The van der Waals surface area contributed by atoms with Crippen LogP contribution in [0.15, 0.2) is 23.6 Å². The SMILES string of the molecule is COc1cc(CCNC(=O)c2csc(CN)n2)ccc1C.Cl. The second kappa shape index (κ2) is 8.73. The van der Waals surface area contributed by atoms with E-state index in [9.17, 15) is 4.79 Å². The van der Waals surface area contributed by atoms with E-state index in [1.165, 1.54) is 11.3 Å². The van der Waals surface area contributed by atoms with Gasteiger partial charge < -0.3 is 15.8 Å². The average Bonchev–Trinajstić information content (AvgIpc) is 2.98. The van der Waals surface area contributed by atoms with E-state index >= 15 is 0 Å². The molecule has 2 rings (SSSR count). The van der Waals surface area contributed by atoms with Gasteiger partial charge in [-0.3, -0.25) is 4.79 Å². The Balaban J connectivity index is 0.00000242. The van der Waals surface area contributed by atoms with Crippen LogP contribution in [-0.2, 0) is 13.0 Å². The van der Waals surface area contributed by atoms with Gasteiger partial charge in [0.15, 0.2) is 0 Å². The second-order valence-electron chi connectivity index (χ2n) is 4.64. The number of halogens is 1. The standard InChI is InChI=1S/C15H19N3O2S.ClH/c1-10-3-4-11(7-13(10)20-2)5-6-17-15(19)12-9-21-14(8-16)18-12;/h3-4,7,9H,5-6,8,16H2,1-2H3,(H,17,19);1H. The normalized spacial score (nSPS) is 9.95. The van der Waals surface area contributed by atoms with Gasteiger partial charge in [-0.25, -0.2) is 4.98 Å². The number of benzene rings is 1. The van der Waals surface area contributed by atoms with Gasteiger partial charge in [0.1, 0.15) is 16.5 Å². The molecule has 5 nitrogen and oxygen atoms in total. The van der Waals surface area contributed by atoms with E-state index in [0.29, 0.717) is 18.8 Å². The lowest BCUT2D eigenvalue weighted by Crippen LogP contribution is -2.26. The Bertz CT molecular complexity index is 631. The largest absolute Gasteiger partial charge is 0.496 e. The van der Waals surface area contributed by atoms with Gasteiger partial charge in [-0.1, -0.05) is 12.1 Å². The minimum absolute atomic E-state index is 0. The van der Waals surface area contributed by atoms with Crippen molar-refractivity contribution >= 4 is 29.7 Å². The van der Waals surface area contributed by atoms with E-state index in [1.54, 1.807) is 12.5 Å². The number of aryl methyl sites for hydroxylation is 1. The molecule has 0 saturated heterocycles. The number of methoxy groups -OCH3 is 1. The lowest BCUT2D eigenvalue weighted by atomic mass is 10.1. The fourth-order valence-corrected chi connectivity index (χ4v) is 2.59. The van der Waals surface area contributed by atoms with Crippen molar-refractivity contribution in [3.63, 3.8) is 0 Å². The summed E-state index contributed by atoms with van der Waals surface area (Å²) in [5.41, 5.74) is 8.14. The molecule has 0 spiro atoms. The van der Waals surface area contributed by atoms with Gasteiger partial charge in [-0.05, 0) is 30.5 Å². The molecule has 0 aliphatic carbocycles. The zero-order valence-electron chi connectivity index (χ0n) is 12.6. The fraction of sp³-hybridized carbons (Fsp3) is 0.333. The lowest BCUT2D eigenvalue weighted by Gasteiger charge is -2.08. The summed E-state index contributed by atoms with van der Waals surface area (Å²) in [7, 11) is 1.66. The number of thiazole rings is 1. The third-order valence-corrected chi connectivity index (χ3v) is 4.00. The molecule has 0 aliphatic heterocycles. The Labute approximate surface area is 140 Å². The van der Waals surface area contributed by atoms with Crippen LogP contribution in [0.2, 0.25) is 0 Å². The molecule has 1 aromatic carbocycles. The molecule has 0 radical (unpaired) electrons. The van der Waals surface area contributed by atoms with E-state index < -0.39 is 0 Å². The van der Waals surface area contributed by atoms with Crippen LogP contribution in [0.5, 0.6) is 5.75 Å². The molecule has 0 bridgehead atoms. The van der Waals surface area contributed by atoms with Crippen LogP contribution >= 0.6 is 23.7 Å². The Morgan fingerprint density at radius 1 is 1.45 bits per heavy atom. The molecule has 1 amide bonds. The van der Waals surface area contributed by atoms with E-state index in [4.69, 9.17) is 10.5 Å².